The van der Waals surface area contributed by atoms with E-state index < -0.39 is 5.12 Å². The molecule has 0 spiro atoms. The van der Waals surface area contributed by atoms with Gasteiger partial charge in [-0.3, -0.25) is 15.6 Å². The van der Waals surface area contributed by atoms with E-state index in [-0.39, 0.29) is 0 Å². The minimum absolute atomic E-state index is 0.421. The SMILES string of the molecule is CCNC(Cl)(CC(C)CNc1ccc2cccnc2c1)NCC. The van der Waals surface area contributed by atoms with Gasteiger partial charge in [-0.1, -0.05) is 44.5 Å². The van der Waals surface area contributed by atoms with Gasteiger partial charge in [0.1, 0.15) is 5.12 Å². The molecule has 0 aliphatic heterocycles. The third-order valence-electron chi connectivity index (χ3n) is 3.80. The Balaban J connectivity index is 1.93. The lowest BCUT2D eigenvalue weighted by Crippen LogP contribution is -2.53. The zero-order valence-corrected chi connectivity index (χ0v) is 15.0. The first-order chi connectivity index (χ1) is 11.1. The van der Waals surface area contributed by atoms with E-state index in [9.17, 15) is 0 Å². The van der Waals surface area contributed by atoms with Crippen LogP contribution in [0.3, 0.4) is 0 Å². The highest BCUT2D eigenvalue weighted by Gasteiger charge is 2.26. The molecule has 0 radical (unpaired) electrons. The highest BCUT2D eigenvalue weighted by atomic mass is 35.5. The fraction of sp³-hybridized carbons (Fsp3) is 0.500. The average molecular weight is 335 g/mol. The number of halogens is 1. The topological polar surface area (TPSA) is 49.0 Å². The third kappa shape index (κ3) is 5.34. The van der Waals surface area contributed by atoms with E-state index in [2.05, 4.69) is 66.0 Å². The van der Waals surface area contributed by atoms with E-state index in [1.54, 1.807) is 0 Å². The standard InChI is InChI=1S/C18H27ClN4/c1-4-22-18(19,23-5-2)12-14(3)13-21-16-9-8-15-7-6-10-20-17(15)11-16/h6-11,14,21-23H,4-5,12-13H2,1-3H3. The van der Waals surface area contributed by atoms with Crippen LogP contribution < -0.4 is 16.0 Å². The van der Waals surface area contributed by atoms with Crippen LogP contribution in [0.1, 0.15) is 27.2 Å². The molecule has 0 fully saturated rings. The Morgan fingerprint density at radius 1 is 1.17 bits per heavy atom. The maximum absolute atomic E-state index is 6.63. The average Bonchev–Trinajstić information content (AvgIpc) is 2.53. The lowest BCUT2D eigenvalue weighted by atomic mass is 10.0. The molecule has 1 unspecified atom stereocenters. The van der Waals surface area contributed by atoms with Gasteiger partial charge in [0.25, 0.3) is 0 Å². The van der Waals surface area contributed by atoms with Crippen LogP contribution in [-0.2, 0) is 0 Å². The van der Waals surface area contributed by atoms with Crippen molar-refractivity contribution in [2.75, 3.05) is 25.0 Å². The minimum atomic E-state index is -0.532. The Morgan fingerprint density at radius 2 is 1.91 bits per heavy atom. The number of nitrogens with one attached hydrogen (secondary N) is 3. The quantitative estimate of drug-likeness (QED) is 0.371. The molecule has 1 aromatic heterocycles. The van der Waals surface area contributed by atoms with Crippen molar-refractivity contribution in [2.24, 2.45) is 5.92 Å². The summed E-state index contributed by atoms with van der Waals surface area (Å²) in [6, 6.07) is 10.3. The predicted octanol–water partition coefficient (Wildman–Crippen LogP) is 3.78. The van der Waals surface area contributed by atoms with Crippen LogP contribution in [0, 0.1) is 5.92 Å². The molecule has 4 nitrogen and oxygen atoms in total. The molecule has 1 aromatic carbocycles. The van der Waals surface area contributed by atoms with Gasteiger partial charge in [-0.2, -0.15) is 0 Å². The number of pyridine rings is 1. The molecule has 0 saturated carbocycles. The second-order valence-electron chi connectivity index (χ2n) is 5.96. The molecular formula is C18H27ClN4. The second-order valence-corrected chi connectivity index (χ2v) is 6.61. The molecule has 1 heterocycles. The number of fused-ring (bicyclic) bond motifs is 1. The molecule has 0 bridgehead atoms. The molecule has 2 rings (SSSR count). The molecule has 23 heavy (non-hydrogen) atoms. The van der Waals surface area contributed by atoms with Crippen molar-refractivity contribution in [3.63, 3.8) is 0 Å². The van der Waals surface area contributed by atoms with E-state index >= 15 is 0 Å². The van der Waals surface area contributed by atoms with Crippen molar-refractivity contribution >= 4 is 28.2 Å². The third-order valence-corrected chi connectivity index (χ3v) is 4.23. The number of anilines is 1. The van der Waals surface area contributed by atoms with Crippen molar-refractivity contribution in [1.82, 2.24) is 15.6 Å². The molecule has 5 heteroatoms. The van der Waals surface area contributed by atoms with Gasteiger partial charge < -0.3 is 5.32 Å². The molecule has 0 aliphatic carbocycles. The highest BCUT2D eigenvalue weighted by molar-refractivity contribution is 6.23. The van der Waals surface area contributed by atoms with Crippen molar-refractivity contribution in [3.8, 4) is 0 Å². The maximum atomic E-state index is 6.63. The minimum Gasteiger partial charge on any atom is -0.385 e. The van der Waals surface area contributed by atoms with Gasteiger partial charge >= 0.3 is 0 Å². The van der Waals surface area contributed by atoms with Crippen LogP contribution in [0.25, 0.3) is 10.9 Å². The van der Waals surface area contributed by atoms with Gasteiger partial charge in [0.2, 0.25) is 0 Å². The van der Waals surface area contributed by atoms with Crippen LogP contribution in [-0.4, -0.2) is 29.7 Å². The summed E-state index contributed by atoms with van der Waals surface area (Å²) >= 11 is 6.63. The number of nitrogens with zero attached hydrogens (tertiary/aromatic N) is 1. The normalized spacial score (nSPS) is 13.2. The summed E-state index contributed by atoms with van der Waals surface area (Å²) in [7, 11) is 0. The first-order valence-electron chi connectivity index (χ1n) is 8.34. The Morgan fingerprint density at radius 3 is 2.61 bits per heavy atom. The largest absolute Gasteiger partial charge is 0.385 e. The van der Waals surface area contributed by atoms with E-state index in [0.29, 0.717) is 5.92 Å². The summed E-state index contributed by atoms with van der Waals surface area (Å²) in [5.41, 5.74) is 2.10. The number of rotatable bonds is 9. The summed E-state index contributed by atoms with van der Waals surface area (Å²) in [6.45, 7) is 8.89. The highest BCUT2D eigenvalue weighted by Crippen LogP contribution is 2.21. The van der Waals surface area contributed by atoms with Gasteiger partial charge in [-0.25, -0.2) is 0 Å². The summed E-state index contributed by atoms with van der Waals surface area (Å²) in [4.78, 5) is 4.40. The van der Waals surface area contributed by atoms with E-state index in [4.69, 9.17) is 11.6 Å². The van der Waals surface area contributed by atoms with Crippen molar-refractivity contribution in [2.45, 2.75) is 32.3 Å². The summed E-state index contributed by atoms with van der Waals surface area (Å²) < 4.78 is 0. The molecule has 0 amide bonds. The van der Waals surface area contributed by atoms with Crippen LogP contribution >= 0.6 is 11.6 Å². The fourth-order valence-corrected chi connectivity index (χ4v) is 3.32. The summed E-state index contributed by atoms with van der Waals surface area (Å²) in [6.07, 6.45) is 2.67. The van der Waals surface area contributed by atoms with Crippen LogP contribution in [0.5, 0.6) is 0 Å². The van der Waals surface area contributed by atoms with E-state index in [1.165, 1.54) is 0 Å². The maximum Gasteiger partial charge on any atom is 0.146 e. The second kappa shape index (κ2) is 8.48. The Kier molecular flexibility index (Phi) is 6.63. The zero-order valence-electron chi connectivity index (χ0n) is 14.2. The van der Waals surface area contributed by atoms with Crippen LogP contribution in [0.2, 0.25) is 0 Å². The van der Waals surface area contributed by atoms with Gasteiger partial charge in [-0.05, 0) is 43.6 Å². The zero-order chi connectivity index (χ0) is 16.7. The number of hydrogen-bond donors (Lipinski definition) is 3. The number of aromatic nitrogens is 1. The van der Waals surface area contributed by atoms with E-state index in [1.807, 2.05) is 12.3 Å². The molecule has 0 saturated heterocycles. The molecular weight excluding hydrogens is 308 g/mol. The lowest BCUT2D eigenvalue weighted by molar-refractivity contribution is 0.318. The molecule has 3 N–H and O–H groups in total. The van der Waals surface area contributed by atoms with Crippen molar-refractivity contribution < 1.29 is 0 Å². The van der Waals surface area contributed by atoms with Crippen LogP contribution in [0.15, 0.2) is 36.5 Å². The number of hydrogen-bond acceptors (Lipinski definition) is 4. The van der Waals surface area contributed by atoms with Gasteiger partial charge in [0, 0.05) is 23.8 Å². The smallest absolute Gasteiger partial charge is 0.146 e. The predicted molar refractivity (Wildman–Crippen MR) is 100.0 cm³/mol. The number of alkyl halides is 1. The summed E-state index contributed by atoms with van der Waals surface area (Å²) in [5.74, 6) is 0.421. The Labute approximate surface area is 144 Å². The summed E-state index contributed by atoms with van der Waals surface area (Å²) in [5, 5.41) is 10.8. The van der Waals surface area contributed by atoms with Crippen LogP contribution in [0.4, 0.5) is 5.69 Å². The van der Waals surface area contributed by atoms with E-state index in [0.717, 1.165) is 42.6 Å². The Hall–Kier alpha value is -1.36. The van der Waals surface area contributed by atoms with Gasteiger partial charge in [-0.15, -0.1) is 0 Å². The van der Waals surface area contributed by atoms with Gasteiger partial charge in [0.15, 0.2) is 0 Å². The van der Waals surface area contributed by atoms with Crippen molar-refractivity contribution in [3.05, 3.63) is 36.5 Å². The Bertz CT molecular complexity index is 611. The first-order valence-corrected chi connectivity index (χ1v) is 8.71. The molecule has 2 aromatic rings. The van der Waals surface area contributed by atoms with Crippen molar-refractivity contribution in [1.29, 1.82) is 0 Å². The fourth-order valence-electron chi connectivity index (χ4n) is 2.79. The first kappa shape index (κ1) is 18.0. The molecule has 1 atom stereocenters. The lowest BCUT2D eigenvalue weighted by Gasteiger charge is -2.31. The molecule has 0 aliphatic rings. The van der Waals surface area contributed by atoms with Gasteiger partial charge in [0.05, 0.1) is 5.52 Å². The monoisotopic (exact) mass is 334 g/mol. The number of benzene rings is 1. The molecule has 126 valence electrons.